The third-order valence-corrected chi connectivity index (χ3v) is 3.26. The SMILES string of the molecule is CCOC1CC1C(=O)N(CCNC(C)=O)C(C)C(=O)O. The predicted octanol–water partition coefficient (Wildman–Crippen LogP) is -0.151. The quantitative estimate of drug-likeness (QED) is 0.647. The first-order chi connectivity index (χ1) is 9.38. The lowest BCUT2D eigenvalue weighted by Crippen LogP contribution is -2.47. The molecule has 1 fully saturated rings. The second-order valence-electron chi connectivity index (χ2n) is 4.86. The number of carbonyl (C=O) groups excluding carboxylic acids is 2. The first kappa shape index (κ1) is 16.4. The van der Waals surface area contributed by atoms with E-state index in [1.54, 1.807) is 0 Å². The fourth-order valence-electron chi connectivity index (χ4n) is 2.02. The van der Waals surface area contributed by atoms with E-state index in [0.29, 0.717) is 13.0 Å². The van der Waals surface area contributed by atoms with E-state index in [1.165, 1.54) is 18.7 Å². The molecule has 1 saturated carbocycles. The van der Waals surface area contributed by atoms with Crippen molar-refractivity contribution in [2.45, 2.75) is 39.3 Å². The van der Waals surface area contributed by atoms with Crippen molar-refractivity contribution in [3.63, 3.8) is 0 Å². The molecule has 0 aromatic carbocycles. The van der Waals surface area contributed by atoms with E-state index >= 15 is 0 Å². The first-order valence-electron chi connectivity index (χ1n) is 6.77. The highest BCUT2D eigenvalue weighted by Crippen LogP contribution is 2.35. The number of amides is 2. The predicted molar refractivity (Wildman–Crippen MR) is 71.0 cm³/mol. The fourth-order valence-corrected chi connectivity index (χ4v) is 2.02. The van der Waals surface area contributed by atoms with Gasteiger partial charge in [-0.3, -0.25) is 9.59 Å². The van der Waals surface area contributed by atoms with Gasteiger partial charge in [-0.25, -0.2) is 4.79 Å². The number of aliphatic carboxylic acids is 1. The maximum absolute atomic E-state index is 12.3. The van der Waals surface area contributed by atoms with E-state index in [0.717, 1.165) is 0 Å². The molecule has 7 nitrogen and oxygen atoms in total. The number of hydrogen-bond acceptors (Lipinski definition) is 4. The lowest BCUT2D eigenvalue weighted by Gasteiger charge is -2.26. The first-order valence-corrected chi connectivity index (χ1v) is 6.77. The van der Waals surface area contributed by atoms with Gasteiger partial charge >= 0.3 is 5.97 Å². The molecule has 0 saturated heterocycles. The summed E-state index contributed by atoms with van der Waals surface area (Å²) in [7, 11) is 0. The van der Waals surface area contributed by atoms with Crippen molar-refractivity contribution in [1.82, 2.24) is 10.2 Å². The van der Waals surface area contributed by atoms with Crippen LogP contribution in [0.2, 0.25) is 0 Å². The van der Waals surface area contributed by atoms with Crippen LogP contribution in [0.25, 0.3) is 0 Å². The van der Waals surface area contributed by atoms with Crippen LogP contribution in [0.3, 0.4) is 0 Å². The Kier molecular flexibility index (Phi) is 5.94. The third kappa shape index (κ3) is 4.48. The Morgan fingerprint density at radius 1 is 1.45 bits per heavy atom. The van der Waals surface area contributed by atoms with Crippen LogP contribution in [-0.2, 0) is 19.1 Å². The van der Waals surface area contributed by atoms with E-state index in [-0.39, 0.29) is 36.9 Å². The van der Waals surface area contributed by atoms with E-state index in [1.807, 2.05) is 6.92 Å². The summed E-state index contributed by atoms with van der Waals surface area (Å²) < 4.78 is 5.35. The molecule has 1 aliphatic carbocycles. The minimum Gasteiger partial charge on any atom is -0.480 e. The zero-order valence-electron chi connectivity index (χ0n) is 12.1. The number of carboxylic acid groups (broad SMARTS) is 1. The summed E-state index contributed by atoms with van der Waals surface area (Å²) in [6, 6.07) is -0.917. The highest BCUT2D eigenvalue weighted by molar-refractivity contribution is 5.87. The molecule has 1 rings (SSSR count). The third-order valence-electron chi connectivity index (χ3n) is 3.26. The largest absolute Gasteiger partial charge is 0.480 e. The zero-order valence-corrected chi connectivity index (χ0v) is 12.1. The van der Waals surface area contributed by atoms with Crippen LogP contribution in [0.15, 0.2) is 0 Å². The maximum atomic E-state index is 12.3. The summed E-state index contributed by atoms with van der Waals surface area (Å²) in [5, 5.41) is 11.6. The number of nitrogens with one attached hydrogen (secondary N) is 1. The number of carboxylic acids is 1. The molecule has 1 aliphatic rings. The zero-order chi connectivity index (χ0) is 15.3. The molecule has 0 heterocycles. The van der Waals surface area contributed by atoms with Crippen LogP contribution < -0.4 is 5.32 Å². The van der Waals surface area contributed by atoms with Crippen molar-refractivity contribution in [1.29, 1.82) is 0 Å². The summed E-state index contributed by atoms with van der Waals surface area (Å²) >= 11 is 0. The van der Waals surface area contributed by atoms with Crippen molar-refractivity contribution in [2.24, 2.45) is 5.92 Å². The van der Waals surface area contributed by atoms with Crippen LogP contribution in [0, 0.1) is 5.92 Å². The van der Waals surface area contributed by atoms with Gasteiger partial charge in [-0.05, 0) is 20.3 Å². The van der Waals surface area contributed by atoms with Gasteiger partial charge in [0, 0.05) is 26.6 Å². The van der Waals surface area contributed by atoms with Crippen LogP contribution in [0.5, 0.6) is 0 Å². The maximum Gasteiger partial charge on any atom is 0.326 e. The number of carbonyl (C=O) groups is 3. The molecule has 20 heavy (non-hydrogen) atoms. The van der Waals surface area contributed by atoms with Gasteiger partial charge in [-0.15, -0.1) is 0 Å². The van der Waals surface area contributed by atoms with Gasteiger partial charge in [0.2, 0.25) is 11.8 Å². The summed E-state index contributed by atoms with van der Waals surface area (Å²) in [6.07, 6.45) is 0.534. The smallest absolute Gasteiger partial charge is 0.326 e. The molecule has 2 amide bonds. The van der Waals surface area contributed by atoms with Gasteiger partial charge in [0.1, 0.15) is 6.04 Å². The Hall–Kier alpha value is -1.63. The fraction of sp³-hybridized carbons (Fsp3) is 0.769. The molecule has 114 valence electrons. The highest BCUT2D eigenvalue weighted by Gasteiger charge is 2.47. The molecule has 0 radical (unpaired) electrons. The molecule has 7 heteroatoms. The number of rotatable bonds is 8. The van der Waals surface area contributed by atoms with E-state index in [4.69, 9.17) is 9.84 Å². The van der Waals surface area contributed by atoms with Crippen molar-refractivity contribution in [3.8, 4) is 0 Å². The number of ether oxygens (including phenoxy) is 1. The molecule has 3 atom stereocenters. The second-order valence-corrected chi connectivity index (χ2v) is 4.86. The Morgan fingerprint density at radius 2 is 2.10 bits per heavy atom. The van der Waals surface area contributed by atoms with Gasteiger partial charge in [0.25, 0.3) is 0 Å². The minimum atomic E-state index is -1.06. The Balaban J connectivity index is 2.60. The molecule has 2 N–H and O–H groups in total. The monoisotopic (exact) mass is 286 g/mol. The average molecular weight is 286 g/mol. The van der Waals surface area contributed by atoms with Crippen LogP contribution >= 0.6 is 0 Å². The lowest BCUT2D eigenvalue weighted by molar-refractivity contribution is -0.150. The minimum absolute atomic E-state index is 0.100. The topological polar surface area (TPSA) is 95.9 Å². The van der Waals surface area contributed by atoms with Gasteiger partial charge in [0.15, 0.2) is 0 Å². The van der Waals surface area contributed by atoms with Crippen molar-refractivity contribution >= 4 is 17.8 Å². The van der Waals surface area contributed by atoms with Crippen LogP contribution in [0.1, 0.15) is 27.2 Å². The number of hydrogen-bond donors (Lipinski definition) is 2. The second kappa shape index (κ2) is 7.23. The summed E-state index contributed by atoms with van der Waals surface area (Å²) in [5.74, 6) is -1.74. The molecule has 0 aromatic rings. The van der Waals surface area contributed by atoms with E-state index < -0.39 is 12.0 Å². The van der Waals surface area contributed by atoms with E-state index in [9.17, 15) is 14.4 Å². The van der Waals surface area contributed by atoms with Crippen LogP contribution in [0.4, 0.5) is 0 Å². The van der Waals surface area contributed by atoms with Crippen molar-refractivity contribution < 1.29 is 24.2 Å². The van der Waals surface area contributed by atoms with Gasteiger partial charge in [-0.2, -0.15) is 0 Å². The number of nitrogens with zero attached hydrogens (tertiary/aromatic N) is 1. The molecule has 3 unspecified atom stereocenters. The molecular formula is C13H22N2O5. The summed E-state index contributed by atoms with van der Waals surface area (Å²) in [5.41, 5.74) is 0. The molecule has 0 spiro atoms. The molecule has 0 aromatic heterocycles. The van der Waals surface area contributed by atoms with Crippen LogP contribution in [-0.4, -0.2) is 59.6 Å². The molecular weight excluding hydrogens is 264 g/mol. The Labute approximate surface area is 118 Å². The summed E-state index contributed by atoms with van der Waals surface area (Å²) in [4.78, 5) is 35.5. The normalized spacial score (nSPS) is 21.9. The van der Waals surface area contributed by atoms with Gasteiger partial charge < -0.3 is 20.1 Å². The van der Waals surface area contributed by atoms with Crippen molar-refractivity contribution in [2.75, 3.05) is 19.7 Å². The summed E-state index contributed by atoms with van der Waals surface area (Å²) in [6.45, 7) is 5.65. The average Bonchev–Trinajstić information content (AvgIpc) is 3.12. The Morgan fingerprint density at radius 3 is 2.60 bits per heavy atom. The van der Waals surface area contributed by atoms with Gasteiger partial charge in [0.05, 0.1) is 12.0 Å². The highest BCUT2D eigenvalue weighted by atomic mass is 16.5. The molecule has 0 bridgehead atoms. The van der Waals surface area contributed by atoms with Gasteiger partial charge in [-0.1, -0.05) is 0 Å². The van der Waals surface area contributed by atoms with Crippen molar-refractivity contribution in [3.05, 3.63) is 0 Å². The lowest BCUT2D eigenvalue weighted by atomic mass is 10.2. The standard InChI is InChI=1S/C13H22N2O5/c1-4-20-11-7-10(11)12(17)15(8(2)13(18)19)6-5-14-9(3)16/h8,10-11H,4-7H2,1-3H3,(H,14,16)(H,18,19). The molecule has 0 aliphatic heterocycles. The van der Waals surface area contributed by atoms with E-state index in [2.05, 4.69) is 5.32 Å². The Bertz CT molecular complexity index is 385.